The molecule has 0 spiro atoms. The lowest BCUT2D eigenvalue weighted by atomic mass is 10.1. The molecule has 0 radical (unpaired) electrons. The summed E-state index contributed by atoms with van der Waals surface area (Å²) in [7, 11) is 0. The summed E-state index contributed by atoms with van der Waals surface area (Å²) < 4.78 is 11.3. The van der Waals surface area contributed by atoms with E-state index in [0.717, 1.165) is 114 Å². The maximum atomic E-state index is 8.67. The summed E-state index contributed by atoms with van der Waals surface area (Å²) >= 11 is 0. The first kappa shape index (κ1) is 27.5. The molecule has 2 heterocycles. The van der Waals surface area contributed by atoms with Crippen molar-refractivity contribution < 1.29 is 19.9 Å². The zero-order valence-electron chi connectivity index (χ0n) is 21.2. The fourth-order valence-electron chi connectivity index (χ4n) is 4.26. The van der Waals surface area contributed by atoms with Gasteiger partial charge < -0.3 is 29.7 Å². The zero-order valence-corrected chi connectivity index (χ0v) is 21.2. The Morgan fingerprint density at radius 3 is 1.28 bits per heavy atom. The van der Waals surface area contributed by atoms with Crippen LogP contribution in [0.15, 0.2) is 71.0 Å². The Balaban J connectivity index is 0.000000201. The molecule has 8 heteroatoms. The minimum Gasteiger partial charge on any atom is -0.494 e. The predicted octanol–water partition coefficient (Wildman–Crippen LogP) is 4.76. The van der Waals surface area contributed by atoms with Gasteiger partial charge in [0, 0.05) is 65.0 Å². The molecule has 2 saturated heterocycles. The fourth-order valence-corrected chi connectivity index (χ4v) is 4.26. The van der Waals surface area contributed by atoms with E-state index in [1.807, 2.05) is 60.7 Å². The highest BCUT2D eigenvalue weighted by atomic mass is 16.5. The molecule has 0 saturated carbocycles. The lowest BCUT2D eigenvalue weighted by molar-refractivity contribution is 0.230. The Hall–Kier alpha value is -3.10. The molecule has 196 valence electrons. The summed E-state index contributed by atoms with van der Waals surface area (Å²) in [6.07, 6.45) is 5.60. The summed E-state index contributed by atoms with van der Waals surface area (Å²) in [6.45, 7) is 7.56. The highest BCUT2D eigenvalue weighted by molar-refractivity contribution is 5.85. The third kappa shape index (κ3) is 10.7. The normalized spacial score (nSPS) is 16.6. The van der Waals surface area contributed by atoms with E-state index in [9.17, 15) is 0 Å². The van der Waals surface area contributed by atoms with Crippen LogP contribution in [0, 0.1) is 0 Å². The van der Waals surface area contributed by atoms with Crippen LogP contribution in [0.1, 0.15) is 38.5 Å². The molecule has 2 fully saturated rings. The van der Waals surface area contributed by atoms with Crippen molar-refractivity contribution in [2.45, 2.75) is 38.5 Å². The topological polar surface area (TPSA) is 90.1 Å². The minimum atomic E-state index is 0.751. The Morgan fingerprint density at radius 1 is 0.583 bits per heavy atom. The maximum absolute atomic E-state index is 8.67. The van der Waals surface area contributed by atoms with Crippen LogP contribution in [-0.2, 0) is 0 Å². The number of ether oxygens (including phenoxy) is 2. The second kappa shape index (κ2) is 16.5. The summed E-state index contributed by atoms with van der Waals surface area (Å²) in [6, 6.07) is 19.8. The second-order valence-electron chi connectivity index (χ2n) is 9.05. The first-order chi connectivity index (χ1) is 17.8. The van der Waals surface area contributed by atoms with E-state index in [1.54, 1.807) is 0 Å². The van der Waals surface area contributed by atoms with Crippen molar-refractivity contribution in [1.29, 1.82) is 0 Å². The quantitative estimate of drug-likeness (QED) is 0.280. The van der Waals surface area contributed by atoms with Gasteiger partial charge in [0.2, 0.25) is 0 Å². The largest absolute Gasteiger partial charge is 0.494 e. The number of rotatable bonds is 10. The van der Waals surface area contributed by atoms with Crippen molar-refractivity contribution in [3.63, 3.8) is 0 Å². The molecule has 0 aliphatic carbocycles. The molecule has 0 unspecified atom stereocenters. The van der Waals surface area contributed by atoms with Crippen molar-refractivity contribution in [3.05, 3.63) is 60.7 Å². The van der Waals surface area contributed by atoms with Crippen LogP contribution < -0.4 is 9.47 Å². The molecule has 0 atom stereocenters. The van der Waals surface area contributed by atoms with Gasteiger partial charge in [-0.25, -0.2) is 0 Å². The molecule has 2 aromatic carbocycles. The van der Waals surface area contributed by atoms with Crippen molar-refractivity contribution >= 4 is 11.4 Å². The van der Waals surface area contributed by atoms with Gasteiger partial charge >= 0.3 is 0 Å². The van der Waals surface area contributed by atoms with E-state index in [-0.39, 0.29) is 0 Å². The number of piperidine rings is 2. The molecular formula is C28H40N4O4. The Morgan fingerprint density at radius 2 is 0.944 bits per heavy atom. The summed E-state index contributed by atoms with van der Waals surface area (Å²) in [4.78, 5) is 4.78. The van der Waals surface area contributed by atoms with Gasteiger partial charge in [-0.15, -0.1) is 0 Å². The molecule has 0 bridgehead atoms. The molecule has 4 rings (SSSR count). The first-order valence-corrected chi connectivity index (χ1v) is 13.0. The third-order valence-electron chi connectivity index (χ3n) is 6.41. The molecule has 2 aliphatic heterocycles. The standard InChI is InChI=1S/2C14H20N2O2/c2*17-15-13-7-10-16(11-8-13)9-4-12-18-14-5-2-1-3-6-14/h2*1-3,5-6,17H,4,7-12H2. The number of para-hydroxylation sites is 2. The van der Waals surface area contributed by atoms with Gasteiger partial charge in [0.15, 0.2) is 0 Å². The summed E-state index contributed by atoms with van der Waals surface area (Å²) in [5, 5.41) is 23.9. The number of benzene rings is 2. The van der Waals surface area contributed by atoms with Crippen molar-refractivity contribution in [3.8, 4) is 11.5 Å². The molecular weight excluding hydrogens is 456 g/mol. The molecule has 2 aliphatic rings. The first-order valence-electron chi connectivity index (χ1n) is 13.0. The second-order valence-corrected chi connectivity index (χ2v) is 9.05. The van der Waals surface area contributed by atoms with Crippen molar-refractivity contribution in [1.82, 2.24) is 9.80 Å². The molecule has 2 aromatic rings. The molecule has 2 N–H and O–H groups in total. The van der Waals surface area contributed by atoms with E-state index < -0.39 is 0 Å². The monoisotopic (exact) mass is 496 g/mol. The number of hydrogen-bond acceptors (Lipinski definition) is 8. The highest BCUT2D eigenvalue weighted by Crippen LogP contribution is 2.12. The maximum Gasteiger partial charge on any atom is 0.119 e. The van der Waals surface area contributed by atoms with Crippen LogP contribution in [0.5, 0.6) is 11.5 Å². The Kier molecular flexibility index (Phi) is 12.6. The number of nitrogens with zero attached hydrogens (tertiary/aromatic N) is 4. The van der Waals surface area contributed by atoms with Crippen molar-refractivity contribution in [2.75, 3.05) is 52.5 Å². The van der Waals surface area contributed by atoms with Crippen LogP contribution in [0.25, 0.3) is 0 Å². The number of likely N-dealkylation sites (tertiary alicyclic amines) is 2. The summed E-state index contributed by atoms with van der Waals surface area (Å²) in [5.74, 6) is 1.87. The predicted molar refractivity (Wildman–Crippen MR) is 143 cm³/mol. The third-order valence-corrected chi connectivity index (χ3v) is 6.41. The van der Waals surface area contributed by atoms with Gasteiger partial charge in [-0.1, -0.05) is 46.7 Å². The average Bonchev–Trinajstić information content (AvgIpc) is 2.95. The lowest BCUT2D eigenvalue weighted by Gasteiger charge is -2.26. The van der Waals surface area contributed by atoms with Gasteiger partial charge in [-0.3, -0.25) is 0 Å². The highest BCUT2D eigenvalue weighted by Gasteiger charge is 2.15. The number of oxime groups is 2. The lowest BCUT2D eigenvalue weighted by Crippen LogP contribution is -2.35. The van der Waals surface area contributed by atoms with Crippen LogP contribution in [-0.4, -0.2) is 84.1 Å². The van der Waals surface area contributed by atoms with E-state index in [0.29, 0.717) is 0 Å². The van der Waals surface area contributed by atoms with E-state index in [2.05, 4.69) is 20.1 Å². The smallest absolute Gasteiger partial charge is 0.119 e. The van der Waals surface area contributed by atoms with Gasteiger partial charge in [0.1, 0.15) is 11.5 Å². The van der Waals surface area contributed by atoms with Gasteiger partial charge in [-0.05, 0) is 37.1 Å². The zero-order chi connectivity index (χ0) is 25.3. The Labute approximate surface area is 214 Å². The SMILES string of the molecule is ON=C1CCN(CCCOc2ccccc2)CC1.ON=C1CCN(CCCOc2ccccc2)CC1. The average molecular weight is 497 g/mol. The van der Waals surface area contributed by atoms with Gasteiger partial charge in [0.25, 0.3) is 0 Å². The summed E-state index contributed by atoms with van der Waals surface area (Å²) in [5.41, 5.74) is 1.85. The van der Waals surface area contributed by atoms with E-state index in [4.69, 9.17) is 19.9 Å². The fraction of sp³-hybridized carbons (Fsp3) is 0.500. The molecule has 0 amide bonds. The molecule has 36 heavy (non-hydrogen) atoms. The number of hydrogen-bond donors (Lipinski definition) is 2. The van der Waals surface area contributed by atoms with E-state index in [1.165, 1.54) is 0 Å². The minimum absolute atomic E-state index is 0.751. The van der Waals surface area contributed by atoms with E-state index >= 15 is 0 Å². The molecule has 8 nitrogen and oxygen atoms in total. The Bertz CT molecular complexity index is 813. The molecule has 0 aromatic heterocycles. The van der Waals surface area contributed by atoms with Gasteiger partial charge in [0.05, 0.1) is 24.6 Å². The van der Waals surface area contributed by atoms with Crippen LogP contribution in [0.4, 0.5) is 0 Å². The van der Waals surface area contributed by atoms with Crippen LogP contribution in [0.2, 0.25) is 0 Å². The van der Waals surface area contributed by atoms with Crippen LogP contribution >= 0.6 is 0 Å². The van der Waals surface area contributed by atoms with Crippen LogP contribution in [0.3, 0.4) is 0 Å². The van der Waals surface area contributed by atoms with Gasteiger partial charge in [-0.2, -0.15) is 0 Å². The van der Waals surface area contributed by atoms with Crippen molar-refractivity contribution in [2.24, 2.45) is 10.3 Å².